The Balaban J connectivity index is 2.25. The second-order valence-corrected chi connectivity index (χ2v) is 6.52. The smallest absolute Gasteiger partial charge is 0.407 e. The van der Waals surface area contributed by atoms with Crippen molar-refractivity contribution < 1.29 is 14.1 Å². The summed E-state index contributed by atoms with van der Waals surface area (Å²) < 4.78 is 11.4. The van der Waals surface area contributed by atoms with E-state index in [4.69, 9.17) is 0 Å². The van der Waals surface area contributed by atoms with Gasteiger partial charge in [0.2, 0.25) is 0 Å². The first kappa shape index (κ1) is 14.1. The topological polar surface area (TPSA) is 57.6 Å². The second kappa shape index (κ2) is 5.74. The number of likely N-dealkylation sites (tertiary alicyclic amines) is 1. The van der Waals surface area contributed by atoms with Gasteiger partial charge in [-0.25, -0.2) is 4.79 Å². The summed E-state index contributed by atoms with van der Waals surface area (Å²) in [4.78, 5) is 13.6. The summed E-state index contributed by atoms with van der Waals surface area (Å²) >= 11 is 0. The minimum atomic E-state index is -0.997. The number of carboxylic acid groups (broad SMARTS) is 1. The summed E-state index contributed by atoms with van der Waals surface area (Å²) in [5.74, 6) is 0.528. The van der Waals surface area contributed by atoms with Crippen molar-refractivity contribution in [3.63, 3.8) is 0 Å². The van der Waals surface area contributed by atoms with E-state index in [2.05, 4.69) is 6.92 Å². The van der Waals surface area contributed by atoms with Crippen LogP contribution in [-0.4, -0.2) is 33.1 Å². The lowest BCUT2D eigenvalue weighted by atomic mass is 9.88. The van der Waals surface area contributed by atoms with Gasteiger partial charge >= 0.3 is 6.09 Å². The molecule has 104 valence electrons. The Kier molecular flexibility index (Phi) is 4.24. The maximum atomic E-state index is 11.4. The van der Waals surface area contributed by atoms with Crippen LogP contribution in [0, 0.1) is 5.92 Å². The van der Waals surface area contributed by atoms with Crippen LogP contribution in [0.25, 0.3) is 0 Å². The molecule has 19 heavy (non-hydrogen) atoms. The van der Waals surface area contributed by atoms with E-state index in [9.17, 15) is 14.1 Å². The molecular formula is C14H19NO3S. The highest BCUT2D eigenvalue weighted by Crippen LogP contribution is 2.34. The Bertz CT molecular complexity index is 486. The van der Waals surface area contributed by atoms with Gasteiger partial charge in [0.05, 0.1) is 6.04 Å². The third-order valence-electron chi connectivity index (χ3n) is 3.71. The van der Waals surface area contributed by atoms with Gasteiger partial charge in [0.15, 0.2) is 0 Å². The van der Waals surface area contributed by atoms with Crippen molar-refractivity contribution in [3.8, 4) is 0 Å². The summed E-state index contributed by atoms with van der Waals surface area (Å²) in [7, 11) is -0.997. The molecule has 3 atom stereocenters. The van der Waals surface area contributed by atoms with Gasteiger partial charge in [0.25, 0.3) is 0 Å². The number of piperidine rings is 1. The van der Waals surface area contributed by atoms with E-state index in [0.29, 0.717) is 12.5 Å². The quantitative estimate of drug-likeness (QED) is 0.906. The van der Waals surface area contributed by atoms with Crippen molar-refractivity contribution in [1.29, 1.82) is 0 Å². The molecule has 1 fully saturated rings. The molecule has 0 bridgehead atoms. The first-order valence-corrected chi connectivity index (χ1v) is 7.98. The third kappa shape index (κ3) is 3.15. The third-order valence-corrected chi connectivity index (χ3v) is 4.64. The molecule has 3 unspecified atom stereocenters. The lowest BCUT2D eigenvalue weighted by Gasteiger charge is -2.37. The Hall–Kier alpha value is -1.36. The highest BCUT2D eigenvalue weighted by molar-refractivity contribution is 7.84. The van der Waals surface area contributed by atoms with Crippen LogP contribution in [0.3, 0.4) is 0 Å². The molecular weight excluding hydrogens is 262 g/mol. The Morgan fingerprint density at radius 1 is 1.37 bits per heavy atom. The predicted molar refractivity (Wildman–Crippen MR) is 74.6 cm³/mol. The van der Waals surface area contributed by atoms with Gasteiger partial charge in [-0.15, -0.1) is 0 Å². The molecule has 1 amide bonds. The minimum Gasteiger partial charge on any atom is -0.465 e. The predicted octanol–water partition coefficient (Wildman–Crippen LogP) is 2.88. The van der Waals surface area contributed by atoms with E-state index in [-0.39, 0.29) is 6.04 Å². The summed E-state index contributed by atoms with van der Waals surface area (Å²) in [6.45, 7) is 2.74. The van der Waals surface area contributed by atoms with E-state index in [1.54, 1.807) is 6.26 Å². The first-order chi connectivity index (χ1) is 8.99. The second-order valence-electron chi connectivity index (χ2n) is 5.14. The molecule has 1 aromatic carbocycles. The molecule has 2 rings (SSSR count). The summed E-state index contributed by atoms with van der Waals surface area (Å²) in [5, 5.41) is 9.28. The van der Waals surface area contributed by atoms with Crippen molar-refractivity contribution >= 4 is 16.9 Å². The van der Waals surface area contributed by atoms with Crippen LogP contribution in [0.5, 0.6) is 0 Å². The average molecular weight is 281 g/mol. The maximum absolute atomic E-state index is 11.4. The van der Waals surface area contributed by atoms with Gasteiger partial charge in [-0.05, 0) is 36.5 Å². The largest absolute Gasteiger partial charge is 0.465 e. The molecule has 1 aliphatic rings. The minimum absolute atomic E-state index is 0.0828. The van der Waals surface area contributed by atoms with Gasteiger partial charge in [0, 0.05) is 28.5 Å². The zero-order chi connectivity index (χ0) is 14.0. The molecule has 5 heteroatoms. The standard InChI is InChI=1S/C14H19NO3S/c1-10-7-8-15(14(16)17)13(9-10)11-3-5-12(6-4-11)19(2)18/h3-6,10,13H,7-9H2,1-2H3,(H,16,17). The number of hydrogen-bond acceptors (Lipinski definition) is 2. The molecule has 1 heterocycles. The molecule has 0 aliphatic carbocycles. The van der Waals surface area contributed by atoms with Crippen LogP contribution in [0.15, 0.2) is 29.2 Å². The van der Waals surface area contributed by atoms with Gasteiger partial charge in [-0.3, -0.25) is 4.21 Å². The van der Waals surface area contributed by atoms with Gasteiger partial charge in [-0.2, -0.15) is 0 Å². The Morgan fingerprint density at radius 3 is 2.53 bits per heavy atom. The number of amides is 1. The Labute approximate surface area is 115 Å². The molecule has 0 aromatic heterocycles. The number of hydrogen-bond donors (Lipinski definition) is 1. The number of rotatable bonds is 2. The lowest BCUT2D eigenvalue weighted by Crippen LogP contribution is -2.39. The van der Waals surface area contributed by atoms with E-state index < -0.39 is 16.9 Å². The highest BCUT2D eigenvalue weighted by Gasteiger charge is 2.30. The van der Waals surface area contributed by atoms with Crippen LogP contribution in [0.1, 0.15) is 31.4 Å². The van der Waals surface area contributed by atoms with Gasteiger partial charge in [0.1, 0.15) is 0 Å². The normalized spacial score (nSPS) is 25.1. The molecule has 0 saturated carbocycles. The van der Waals surface area contributed by atoms with Crippen molar-refractivity contribution in [1.82, 2.24) is 4.90 Å². The van der Waals surface area contributed by atoms with Crippen LogP contribution in [0.2, 0.25) is 0 Å². The highest BCUT2D eigenvalue weighted by atomic mass is 32.2. The van der Waals surface area contributed by atoms with Crippen molar-refractivity contribution in [3.05, 3.63) is 29.8 Å². The summed E-state index contributed by atoms with van der Waals surface area (Å²) in [5.41, 5.74) is 0.989. The zero-order valence-corrected chi connectivity index (χ0v) is 12.0. The van der Waals surface area contributed by atoms with Crippen LogP contribution in [-0.2, 0) is 10.8 Å². The maximum Gasteiger partial charge on any atom is 0.407 e. The fourth-order valence-electron chi connectivity index (χ4n) is 2.57. The van der Waals surface area contributed by atoms with E-state index in [1.807, 2.05) is 24.3 Å². The molecule has 1 aromatic rings. The SMILES string of the molecule is CC1CCN(C(=O)O)C(c2ccc(S(C)=O)cc2)C1. The van der Waals surface area contributed by atoms with Crippen LogP contribution in [0.4, 0.5) is 4.79 Å². The first-order valence-electron chi connectivity index (χ1n) is 6.42. The average Bonchev–Trinajstić information content (AvgIpc) is 2.38. The zero-order valence-electron chi connectivity index (χ0n) is 11.2. The van der Waals surface area contributed by atoms with Crippen molar-refractivity contribution in [2.24, 2.45) is 5.92 Å². The van der Waals surface area contributed by atoms with Crippen molar-refractivity contribution in [2.45, 2.75) is 30.7 Å². The number of carbonyl (C=O) groups is 1. The number of benzene rings is 1. The summed E-state index contributed by atoms with van der Waals surface area (Å²) in [6.07, 6.45) is 2.54. The van der Waals surface area contributed by atoms with Gasteiger partial charge < -0.3 is 10.0 Å². The summed E-state index contributed by atoms with van der Waals surface area (Å²) in [6, 6.07) is 7.36. The van der Waals surface area contributed by atoms with E-state index in [0.717, 1.165) is 23.3 Å². The fourth-order valence-corrected chi connectivity index (χ4v) is 3.09. The monoisotopic (exact) mass is 281 g/mol. The van der Waals surface area contributed by atoms with E-state index in [1.165, 1.54) is 4.90 Å². The van der Waals surface area contributed by atoms with Crippen LogP contribution < -0.4 is 0 Å². The van der Waals surface area contributed by atoms with Crippen molar-refractivity contribution in [2.75, 3.05) is 12.8 Å². The lowest BCUT2D eigenvalue weighted by molar-refractivity contribution is 0.0927. The molecule has 0 spiro atoms. The molecule has 1 N–H and O–H groups in total. The van der Waals surface area contributed by atoms with Crippen LogP contribution >= 0.6 is 0 Å². The van der Waals surface area contributed by atoms with E-state index >= 15 is 0 Å². The van der Waals surface area contributed by atoms with Gasteiger partial charge in [-0.1, -0.05) is 19.1 Å². The molecule has 1 aliphatic heterocycles. The molecule has 0 radical (unpaired) electrons. The number of nitrogens with zero attached hydrogens (tertiary/aromatic N) is 1. The Morgan fingerprint density at radius 2 is 2.00 bits per heavy atom. The molecule has 4 nitrogen and oxygen atoms in total. The fraction of sp³-hybridized carbons (Fsp3) is 0.500. The molecule has 1 saturated heterocycles.